The summed E-state index contributed by atoms with van der Waals surface area (Å²) in [5, 5.41) is 0.964. The van der Waals surface area contributed by atoms with Crippen molar-refractivity contribution in [3.05, 3.63) is 15.6 Å². The van der Waals surface area contributed by atoms with Crippen molar-refractivity contribution in [3.63, 3.8) is 0 Å². The number of aryl methyl sites for hydroxylation is 2. The number of carbonyl (C=O) groups excluding carboxylic acids is 1. The maximum Gasteiger partial charge on any atom is 0.142 e. The Balaban J connectivity index is 1.95. The molecule has 2 rings (SSSR count). The van der Waals surface area contributed by atoms with Crippen LogP contribution < -0.4 is 0 Å². The molecule has 0 N–H and O–H groups in total. The first kappa shape index (κ1) is 11.7. The van der Waals surface area contributed by atoms with E-state index in [2.05, 4.69) is 11.9 Å². The highest BCUT2D eigenvalue weighted by Gasteiger charge is 2.22. The van der Waals surface area contributed by atoms with E-state index in [4.69, 9.17) is 4.74 Å². The minimum atomic E-state index is 0.193. The normalized spacial score (nSPS) is 17.6. The van der Waals surface area contributed by atoms with Crippen LogP contribution in [0, 0.1) is 19.8 Å². The van der Waals surface area contributed by atoms with E-state index in [0.717, 1.165) is 36.8 Å². The highest BCUT2D eigenvalue weighted by Crippen LogP contribution is 2.21. The number of nitrogens with zero attached hydrogens (tertiary/aromatic N) is 1. The molecule has 1 aliphatic heterocycles. The lowest BCUT2D eigenvalue weighted by Gasteiger charge is -2.20. The Labute approximate surface area is 99.8 Å². The van der Waals surface area contributed by atoms with Gasteiger partial charge in [0.25, 0.3) is 0 Å². The standard InChI is InChI=1S/C12H17NO2S/c1-8-9(2)16-12(13-8)7-11(14)10-3-5-15-6-4-10/h10H,3-7H2,1-2H3. The van der Waals surface area contributed by atoms with Gasteiger partial charge in [0.05, 0.1) is 12.1 Å². The maximum atomic E-state index is 12.0. The van der Waals surface area contributed by atoms with Crippen molar-refractivity contribution in [2.75, 3.05) is 13.2 Å². The van der Waals surface area contributed by atoms with Crippen LogP contribution in [-0.2, 0) is 16.0 Å². The van der Waals surface area contributed by atoms with Crippen LogP contribution in [0.4, 0.5) is 0 Å². The summed E-state index contributed by atoms with van der Waals surface area (Å²) in [6, 6.07) is 0. The number of ketones is 1. The van der Waals surface area contributed by atoms with Crippen LogP contribution in [0.5, 0.6) is 0 Å². The number of rotatable bonds is 3. The molecule has 1 saturated heterocycles. The average molecular weight is 239 g/mol. The molecule has 0 radical (unpaired) electrons. The quantitative estimate of drug-likeness (QED) is 0.812. The van der Waals surface area contributed by atoms with E-state index in [-0.39, 0.29) is 5.92 Å². The fraction of sp³-hybridized carbons (Fsp3) is 0.667. The molecule has 1 aliphatic rings. The minimum Gasteiger partial charge on any atom is -0.381 e. The van der Waals surface area contributed by atoms with Crippen molar-refractivity contribution >= 4 is 17.1 Å². The van der Waals surface area contributed by atoms with Crippen molar-refractivity contribution < 1.29 is 9.53 Å². The predicted molar refractivity (Wildman–Crippen MR) is 63.8 cm³/mol. The van der Waals surface area contributed by atoms with E-state index in [1.165, 1.54) is 4.88 Å². The summed E-state index contributed by atoms with van der Waals surface area (Å²) < 4.78 is 5.26. The Morgan fingerprint density at radius 1 is 1.44 bits per heavy atom. The number of thiazole rings is 1. The molecule has 0 saturated carbocycles. The SMILES string of the molecule is Cc1nc(CC(=O)C2CCOCC2)sc1C. The molecule has 16 heavy (non-hydrogen) atoms. The highest BCUT2D eigenvalue weighted by atomic mass is 32.1. The zero-order chi connectivity index (χ0) is 11.5. The second-order valence-corrected chi connectivity index (χ2v) is 5.57. The van der Waals surface area contributed by atoms with Gasteiger partial charge < -0.3 is 4.74 Å². The number of hydrogen-bond acceptors (Lipinski definition) is 4. The Morgan fingerprint density at radius 3 is 2.69 bits per heavy atom. The third kappa shape index (κ3) is 2.68. The summed E-state index contributed by atoms with van der Waals surface area (Å²) >= 11 is 1.64. The van der Waals surface area contributed by atoms with Gasteiger partial charge >= 0.3 is 0 Å². The summed E-state index contributed by atoms with van der Waals surface area (Å²) in [5.41, 5.74) is 1.06. The Hall–Kier alpha value is -0.740. The summed E-state index contributed by atoms with van der Waals surface area (Å²) in [6.45, 7) is 5.50. The largest absolute Gasteiger partial charge is 0.381 e. The number of hydrogen-bond donors (Lipinski definition) is 0. The van der Waals surface area contributed by atoms with E-state index in [9.17, 15) is 4.79 Å². The average Bonchev–Trinajstić information content (AvgIpc) is 2.59. The van der Waals surface area contributed by atoms with E-state index in [0.29, 0.717) is 12.2 Å². The van der Waals surface area contributed by atoms with Gasteiger partial charge in [0, 0.05) is 24.0 Å². The molecule has 4 heteroatoms. The van der Waals surface area contributed by atoms with E-state index in [1.807, 2.05) is 6.92 Å². The lowest BCUT2D eigenvalue weighted by Crippen LogP contribution is -2.24. The molecule has 0 amide bonds. The van der Waals surface area contributed by atoms with Crippen molar-refractivity contribution in [1.29, 1.82) is 0 Å². The molecule has 2 heterocycles. The van der Waals surface area contributed by atoms with Crippen LogP contribution in [0.3, 0.4) is 0 Å². The fourth-order valence-electron chi connectivity index (χ4n) is 1.93. The van der Waals surface area contributed by atoms with E-state index >= 15 is 0 Å². The Morgan fingerprint density at radius 2 is 2.12 bits per heavy atom. The third-order valence-corrected chi connectivity index (χ3v) is 4.15. The zero-order valence-corrected chi connectivity index (χ0v) is 10.6. The molecular formula is C12H17NO2S. The van der Waals surface area contributed by atoms with Gasteiger partial charge in [-0.1, -0.05) is 0 Å². The summed E-state index contributed by atoms with van der Waals surface area (Å²) in [6.07, 6.45) is 2.26. The van der Waals surface area contributed by atoms with Crippen LogP contribution in [-0.4, -0.2) is 24.0 Å². The lowest BCUT2D eigenvalue weighted by atomic mass is 9.94. The van der Waals surface area contributed by atoms with Gasteiger partial charge in [-0.2, -0.15) is 0 Å². The smallest absolute Gasteiger partial charge is 0.142 e. The van der Waals surface area contributed by atoms with Crippen molar-refractivity contribution in [3.8, 4) is 0 Å². The van der Waals surface area contributed by atoms with Crippen LogP contribution in [0.25, 0.3) is 0 Å². The number of aromatic nitrogens is 1. The first-order chi connectivity index (χ1) is 7.66. The van der Waals surface area contributed by atoms with Gasteiger partial charge in [-0.05, 0) is 26.7 Å². The van der Waals surface area contributed by atoms with Crippen LogP contribution in [0.2, 0.25) is 0 Å². The van der Waals surface area contributed by atoms with Crippen molar-refractivity contribution in [2.45, 2.75) is 33.1 Å². The molecule has 3 nitrogen and oxygen atoms in total. The molecule has 0 aromatic carbocycles. The zero-order valence-electron chi connectivity index (χ0n) is 9.78. The second kappa shape index (κ2) is 5.06. The topological polar surface area (TPSA) is 39.2 Å². The third-order valence-electron chi connectivity index (χ3n) is 3.07. The van der Waals surface area contributed by atoms with Crippen LogP contribution in [0.1, 0.15) is 28.4 Å². The number of ether oxygens (including phenoxy) is 1. The lowest BCUT2D eigenvalue weighted by molar-refractivity contribution is -0.125. The molecular weight excluding hydrogens is 222 g/mol. The van der Waals surface area contributed by atoms with E-state index < -0.39 is 0 Å². The van der Waals surface area contributed by atoms with Crippen molar-refractivity contribution in [1.82, 2.24) is 4.98 Å². The van der Waals surface area contributed by atoms with Gasteiger partial charge in [0.1, 0.15) is 10.8 Å². The highest BCUT2D eigenvalue weighted by molar-refractivity contribution is 7.11. The molecule has 88 valence electrons. The summed E-state index contributed by atoms with van der Waals surface area (Å²) in [5.74, 6) is 0.523. The molecule has 0 spiro atoms. The molecule has 1 aromatic heterocycles. The maximum absolute atomic E-state index is 12.0. The van der Waals surface area contributed by atoms with Gasteiger partial charge in [-0.3, -0.25) is 4.79 Å². The van der Waals surface area contributed by atoms with Gasteiger partial charge in [-0.25, -0.2) is 4.98 Å². The number of carbonyl (C=O) groups is 1. The summed E-state index contributed by atoms with van der Waals surface area (Å²) in [7, 11) is 0. The molecule has 0 bridgehead atoms. The Bertz CT molecular complexity index is 361. The molecule has 0 unspecified atom stereocenters. The first-order valence-electron chi connectivity index (χ1n) is 5.70. The van der Waals surface area contributed by atoms with E-state index in [1.54, 1.807) is 11.3 Å². The molecule has 0 atom stereocenters. The van der Waals surface area contributed by atoms with Crippen LogP contribution in [0.15, 0.2) is 0 Å². The monoisotopic (exact) mass is 239 g/mol. The van der Waals surface area contributed by atoms with Crippen molar-refractivity contribution in [2.24, 2.45) is 5.92 Å². The molecule has 1 aromatic rings. The minimum absolute atomic E-state index is 0.193. The fourth-order valence-corrected chi connectivity index (χ4v) is 2.87. The van der Waals surface area contributed by atoms with Crippen LogP contribution >= 0.6 is 11.3 Å². The van der Waals surface area contributed by atoms with Gasteiger partial charge in [-0.15, -0.1) is 11.3 Å². The second-order valence-electron chi connectivity index (χ2n) is 4.28. The van der Waals surface area contributed by atoms with Gasteiger partial charge in [0.15, 0.2) is 0 Å². The number of Topliss-reactive ketones (excluding diaryl/α,β-unsaturated/α-hetero) is 1. The summed E-state index contributed by atoms with van der Waals surface area (Å²) in [4.78, 5) is 17.6. The molecule has 1 fully saturated rings. The first-order valence-corrected chi connectivity index (χ1v) is 6.52. The van der Waals surface area contributed by atoms with Gasteiger partial charge in [0.2, 0.25) is 0 Å². The Kier molecular flexibility index (Phi) is 3.71. The predicted octanol–water partition coefficient (Wildman–Crippen LogP) is 2.30. The molecule has 0 aliphatic carbocycles.